The molecule has 1 aliphatic carbocycles. The Morgan fingerprint density at radius 1 is 0.929 bits per heavy atom. The van der Waals surface area contributed by atoms with Crippen molar-refractivity contribution in [1.29, 1.82) is 0 Å². The molecule has 5 amide bonds. The lowest BCUT2D eigenvalue weighted by Gasteiger charge is -2.46. The van der Waals surface area contributed by atoms with Gasteiger partial charge in [0.1, 0.15) is 11.4 Å². The van der Waals surface area contributed by atoms with Crippen molar-refractivity contribution in [1.82, 2.24) is 29.9 Å². The first-order valence-electron chi connectivity index (χ1n) is 20.2. The summed E-state index contributed by atoms with van der Waals surface area (Å²) in [4.78, 5) is 60.8. The Bertz CT molecular complexity index is 2110. The lowest BCUT2D eigenvalue weighted by Crippen LogP contribution is -2.49. The van der Waals surface area contributed by atoms with Crippen molar-refractivity contribution in [3.63, 3.8) is 0 Å². The Hall–Kier alpha value is -5.30. The number of piperidine rings is 2. The number of carbonyl (C=O) groups excluding carboxylic acids is 4. The third kappa shape index (κ3) is 8.14. The summed E-state index contributed by atoms with van der Waals surface area (Å²) in [5.41, 5.74) is 4.16. The zero-order valence-electron chi connectivity index (χ0n) is 32.5. The maximum absolute atomic E-state index is 13.5. The fraction of sp³-hybridized carbons (Fsp3) is 0.488. The molecule has 0 unspecified atom stereocenters. The van der Waals surface area contributed by atoms with Gasteiger partial charge < -0.3 is 19.9 Å². The monoisotopic (exact) mass is 760 g/mol. The number of amides is 5. The first-order valence-corrected chi connectivity index (χ1v) is 20.2. The smallest absolute Gasteiger partial charge is 0.328 e. The van der Waals surface area contributed by atoms with Crippen molar-refractivity contribution in [2.24, 2.45) is 11.3 Å². The topological polar surface area (TPSA) is 142 Å². The number of anilines is 2. The van der Waals surface area contributed by atoms with Crippen molar-refractivity contribution in [3.05, 3.63) is 77.7 Å². The van der Waals surface area contributed by atoms with Crippen LogP contribution in [0.5, 0.6) is 5.75 Å². The molecule has 13 nitrogen and oxygen atoms in total. The highest BCUT2D eigenvalue weighted by atomic mass is 16.5. The molecule has 3 saturated heterocycles. The van der Waals surface area contributed by atoms with E-state index in [0.717, 1.165) is 80.9 Å². The Labute approximate surface area is 327 Å². The van der Waals surface area contributed by atoms with Crippen LogP contribution in [-0.4, -0.2) is 94.7 Å². The van der Waals surface area contributed by atoms with Gasteiger partial charge in [0, 0.05) is 73.7 Å². The van der Waals surface area contributed by atoms with Crippen LogP contribution in [0.25, 0.3) is 10.9 Å². The van der Waals surface area contributed by atoms with E-state index in [1.165, 1.54) is 37.0 Å². The van der Waals surface area contributed by atoms with Gasteiger partial charge in [0.2, 0.25) is 5.91 Å². The van der Waals surface area contributed by atoms with Gasteiger partial charge in [-0.1, -0.05) is 12.1 Å². The number of nitrogens with zero attached hydrogens (tertiary/aromatic N) is 6. The van der Waals surface area contributed by atoms with E-state index in [0.29, 0.717) is 46.4 Å². The summed E-state index contributed by atoms with van der Waals surface area (Å²) in [5.74, 6) is 0.789. The number of fused-ring (bicyclic) bond motifs is 1. The van der Waals surface area contributed by atoms with Gasteiger partial charge >= 0.3 is 6.03 Å². The first-order chi connectivity index (χ1) is 27.1. The molecule has 0 bridgehead atoms. The Kier molecular flexibility index (Phi) is 10.8. The molecular formula is C43H52N8O5. The molecule has 4 fully saturated rings. The van der Waals surface area contributed by atoms with E-state index in [1.54, 1.807) is 19.2 Å². The number of hydrogen-bond acceptors (Lipinski definition) is 8. The molecule has 13 heteroatoms. The van der Waals surface area contributed by atoms with Gasteiger partial charge in [-0.25, -0.2) is 9.78 Å². The van der Waals surface area contributed by atoms with Crippen LogP contribution in [0.15, 0.2) is 60.8 Å². The Balaban J connectivity index is 0.778. The van der Waals surface area contributed by atoms with E-state index < -0.39 is 6.03 Å². The molecule has 2 aromatic heterocycles. The van der Waals surface area contributed by atoms with Gasteiger partial charge in [-0.15, -0.1) is 0 Å². The summed E-state index contributed by atoms with van der Waals surface area (Å²) in [6.07, 6.45) is 12.8. The zero-order valence-corrected chi connectivity index (χ0v) is 32.5. The largest absolute Gasteiger partial charge is 0.494 e. The summed E-state index contributed by atoms with van der Waals surface area (Å²) in [6, 6.07) is 16.3. The van der Waals surface area contributed by atoms with Crippen LogP contribution in [-0.2, 0) is 4.79 Å². The van der Waals surface area contributed by atoms with E-state index in [9.17, 15) is 19.2 Å². The summed E-state index contributed by atoms with van der Waals surface area (Å²) in [7, 11) is 1.60. The highest BCUT2D eigenvalue weighted by Gasteiger charge is 2.39. The summed E-state index contributed by atoms with van der Waals surface area (Å²) < 4.78 is 7.72. The predicted octanol–water partition coefficient (Wildman–Crippen LogP) is 6.59. The van der Waals surface area contributed by atoms with Crippen LogP contribution in [0, 0.1) is 18.3 Å². The summed E-state index contributed by atoms with van der Waals surface area (Å²) in [5, 5.41) is 11.2. The summed E-state index contributed by atoms with van der Waals surface area (Å²) in [6.45, 7) is 6.97. The van der Waals surface area contributed by atoms with Gasteiger partial charge in [0.05, 0.1) is 24.4 Å². The van der Waals surface area contributed by atoms with Gasteiger partial charge in [-0.05, 0) is 119 Å². The molecule has 0 atom stereocenters. The van der Waals surface area contributed by atoms with Crippen LogP contribution >= 0.6 is 0 Å². The summed E-state index contributed by atoms with van der Waals surface area (Å²) >= 11 is 0. The minimum atomic E-state index is -0.440. The number of ether oxygens (including phenoxy) is 1. The standard InChI is InChI=1S/C43H52N8O5/c1-29-5-3-8-35(44-29)40(53)45-37-26-32-28-51(47-36(32)27-38(37)56-2)33-12-20-48(21-13-33)19-11-30-9-15-43(16-10-30)17-23-49(24-18-43)41(54)31-6-4-7-34(25-31)50-22-14-39(52)46-42(50)55/h3-8,25-28,30,33H,9-24H2,1-2H3,(H,45,53)(H,46,52,55). The molecule has 294 valence electrons. The van der Waals surface area contributed by atoms with E-state index in [-0.39, 0.29) is 24.1 Å². The zero-order chi connectivity index (χ0) is 38.8. The lowest BCUT2D eigenvalue weighted by atomic mass is 9.65. The lowest BCUT2D eigenvalue weighted by molar-refractivity contribution is -0.120. The molecule has 8 rings (SSSR count). The van der Waals surface area contributed by atoms with E-state index in [4.69, 9.17) is 9.84 Å². The molecule has 3 aliphatic heterocycles. The highest BCUT2D eigenvalue weighted by molar-refractivity contribution is 6.06. The van der Waals surface area contributed by atoms with Gasteiger partial charge in [0.25, 0.3) is 11.8 Å². The molecule has 2 N–H and O–H groups in total. The van der Waals surface area contributed by atoms with Crippen molar-refractivity contribution in [2.75, 3.05) is 56.6 Å². The number of benzene rings is 2. The maximum Gasteiger partial charge on any atom is 0.328 e. The fourth-order valence-electron chi connectivity index (χ4n) is 9.22. The third-order valence-electron chi connectivity index (χ3n) is 12.7. The minimum Gasteiger partial charge on any atom is -0.494 e. The van der Waals surface area contributed by atoms with Gasteiger partial charge in [-0.2, -0.15) is 5.10 Å². The minimum absolute atomic E-state index is 0.0142. The predicted molar refractivity (Wildman–Crippen MR) is 214 cm³/mol. The molecule has 4 aliphatic rings. The number of aryl methyl sites for hydroxylation is 1. The number of methoxy groups -OCH3 is 1. The van der Waals surface area contributed by atoms with Crippen molar-refractivity contribution >= 4 is 46.0 Å². The molecule has 1 saturated carbocycles. The van der Waals surface area contributed by atoms with Crippen LogP contribution in [0.4, 0.5) is 16.2 Å². The SMILES string of the molecule is COc1cc2nn(C3CCN(CCC4CCC5(CC4)CCN(C(=O)c4cccc(N6CCC(=O)NC6=O)c4)CC5)CC3)cc2cc1NC(=O)c1cccc(C)n1. The van der Waals surface area contributed by atoms with E-state index in [1.807, 2.05) is 54.3 Å². The number of rotatable bonds is 9. The average molecular weight is 761 g/mol. The molecule has 0 radical (unpaired) electrons. The number of likely N-dealkylation sites (tertiary alicyclic amines) is 2. The van der Waals surface area contributed by atoms with E-state index in [2.05, 4.69) is 31.4 Å². The maximum atomic E-state index is 13.5. The number of nitrogens with one attached hydrogen (secondary N) is 2. The van der Waals surface area contributed by atoms with Crippen LogP contribution in [0.1, 0.15) is 96.8 Å². The van der Waals surface area contributed by atoms with Gasteiger partial charge in [-0.3, -0.25) is 29.3 Å². The van der Waals surface area contributed by atoms with Crippen molar-refractivity contribution < 1.29 is 23.9 Å². The first kappa shape index (κ1) is 37.6. The number of pyridine rings is 1. The molecule has 1 spiro atoms. The van der Waals surface area contributed by atoms with Crippen LogP contribution in [0.2, 0.25) is 0 Å². The van der Waals surface area contributed by atoms with E-state index >= 15 is 0 Å². The molecular weight excluding hydrogens is 709 g/mol. The average Bonchev–Trinajstić information content (AvgIpc) is 3.63. The van der Waals surface area contributed by atoms with Gasteiger partial charge in [0.15, 0.2) is 0 Å². The number of urea groups is 1. The Morgan fingerprint density at radius 3 is 2.43 bits per heavy atom. The quantitative estimate of drug-likeness (QED) is 0.195. The third-order valence-corrected chi connectivity index (χ3v) is 12.7. The number of aromatic nitrogens is 3. The second kappa shape index (κ2) is 16.0. The number of imide groups is 1. The second-order valence-electron chi connectivity index (χ2n) is 16.2. The fourth-order valence-corrected chi connectivity index (χ4v) is 9.22. The molecule has 56 heavy (non-hydrogen) atoms. The van der Waals surface area contributed by atoms with Crippen molar-refractivity contribution in [3.8, 4) is 5.75 Å². The second-order valence-corrected chi connectivity index (χ2v) is 16.2. The molecule has 5 heterocycles. The van der Waals surface area contributed by atoms with Crippen molar-refractivity contribution in [2.45, 2.75) is 77.2 Å². The molecule has 4 aromatic rings. The van der Waals surface area contributed by atoms with Crippen LogP contribution < -0.4 is 20.3 Å². The normalized spacial score (nSPS) is 19.7. The highest BCUT2D eigenvalue weighted by Crippen LogP contribution is 2.47. The molecule has 2 aromatic carbocycles. The number of carbonyl (C=O) groups is 4. The number of hydrogen-bond donors (Lipinski definition) is 2. The van der Waals surface area contributed by atoms with Crippen LogP contribution in [0.3, 0.4) is 0 Å². The Morgan fingerprint density at radius 2 is 1.70 bits per heavy atom.